The van der Waals surface area contributed by atoms with Crippen LogP contribution in [0.25, 0.3) is 0 Å². The third kappa shape index (κ3) is 3.82. The van der Waals surface area contributed by atoms with Gasteiger partial charge in [-0.05, 0) is 84.9 Å². The number of aliphatic hydroxyl groups is 2. The summed E-state index contributed by atoms with van der Waals surface area (Å²) in [6, 6.07) is 0. The molecule has 0 aromatic rings. The predicted molar refractivity (Wildman–Crippen MR) is 125 cm³/mol. The number of epoxide rings is 1. The Balaban J connectivity index is 1.42. The van der Waals surface area contributed by atoms with Crippen molar-refractivity contribution >= 4 is 10.4 Å². The Kier molecular flexibility index (Phi) is 6.10. The molecule has 4 fully saturated rings. The zero-order valence-electron chi connectivity index (χ0n) is 21.0. The molecule has 1 saturated heterocycles. The smallest absolute Gasteiger partial charge is 0.218 e. The Labute approximate surface area is 204 Å². The minimum Gasteiger partial charge on any atom is -0.726 e. The summed E-state index contributed by atoms with van der Waals surface area (Å²) in [5.41, 5.74) is 1.23. The van der Waals surface area contributed by atoms with Crippen LogP contribution in [0.3, 0.4) is 0 Å². The summed E-state index contributed by atoms with van der Waals surface area (Å²) < 4.78 is 45.2. The second-order valence-electron chi connectivity index (χ2n) is 12.8. The van der Waals surface area contributed by atoms with E-state index < -0.39 is 34.1 Å². The second kappa shape index (κ2) is 8.25. The van der Waals surface area contributed by atoms with Gasteiger partial charge >= 0.3 is 0 Å². The van der Waals surface area contributed by atoms with E-state index in [0.29, 0.717) is 48.7 Å². The van der Waals surface area contributed by atoms with Crippen LogP contribution < -0.4 is 0 Å². The van der Waals surface area contributed by atoms with Crippen LogP contribution in [0.4, 0.5) is 0 Å². The van der Waals surface area contributed by atoms with Crippen molar-refractivity contribution < 1.29 is 32.1 Å². The average molecular weight is 498 g/mol. The Morgan fingerprint density at radius 3 is 2.38 bits per heavy atom. The van der Waals surface area contributed by atoms with Crippen molar-refractivity contribution in [1.82, 2.24) is 0 Å². The van der Waals surface area contributed by atoms with E-state index >= 15 is 0 Å². The summed E-state index contributed by atoms with van der Waals surface area (Å²) in [5, 5.41) is 21.2. The maximum absolute atomic E-state index is 11.4. The van der Waals surface area contributed by atoms with Crippen LogP contribution in [0, 0.1) is 46.3 Å². The fraction of sp³-hybridized carbons (Fsp3) is 0.923. The standard InChI is InChI=1S/C26H42O7S/c1-13(2)22-23(32-22)14(3)16-8-9-17-15-6-7-19-24(33-34(29,30)31)21(28)20(27)12-26(19,5)18(15)10-11-25(16,17)4/h6,13-14,16-24,27-28H,7-12H2,1-5H3,(H,29,30,31)/p-1/t14-,16+,17-,18-,19-,20+,21-,22-,23-,24-,25+,26+/m0/s1. The highest BCUT2D eigenvalue weighted by Gasteiger charge is 2.63. The number of aliphatic hydroxyl groups excluding tert-OH is 2. The van der Waals surface area contributed by atoms with Crippen LogP contribution in [0.15, 0.2) is 11.6 Å². The Bertz CT molecular complexity index is 947. The fourth-order valence-electron chi connectivity index (χ4n) is 9.10. The lowest BCUT2D eigenvalue weighted by molar-refractivity contribution is -0.165. The van der Waals surface area contributed by atoms with Crippen molar-refractivity contribution in [3.8, 4) is 0 Å². The quantitative estimate of drug-likeness (QED) is 0.258. The molecule has 0 aromatic heterocycles. The summed E-state index contributed by atoms with van der Waals surface area (Å²) in [4.78, 5) is 0. The average Bonchev–Trinajstić information content (AvgIpc) is 3.46. The van der Waals surface area contributed by atoms with E-state index in [1.807, 2.05) is 0 Å². The van der Waals surface area contributed by atoms with Crippen molar-refractivity contribution in [3.63, 3.8) is 0 Å². The molecule has 4 aliphatic carbocycles. The van der Waals surface area contributed by atoms with Gasteiger partial charge in [0.2, 0.25) is 10.4 Å². The molecule has 0 aromatic carbocycles. The van der Waals surface area contributed by atoms with Crippen LogP contribution in [-0.4, -0.2) is 53.7 Å². The summed E-state index contributed by atoms with van der Waals surface area (Å²) in [6.07, 6.45) is 4.63. The number of rotatable bonds is 5. The molecule has 2 N–H and O–H groups in total. The molecular formula is C26H41O7S-. The van der Waals surface area contributed by atoms with E-state index in [1.165, 1.54) is 12.0 Å². The van der Waals surface area contributed by atoms with E-state index in [0.717, 1.165) is 19.3 Å². The highest BCUT2D eigenvalue weighted by atomic mass is 32.3. The first-order valence-electron chi connectivity index (χ1n) is 13.1. The van der Waals surface area contributed by atoms with Gasteiger partial charge in [0, 0.05) is 0 Å². The van der Waals surface area contributed by atoms with Crippen LogP contribution in [0.5, 0.6) is 0 Å². The molecule has 0 spiro atoms. The molecule has 3 saturated carbocycles. The van der Waals surface area contributed by atoms with Crippen molar-refractivity contribution in [2.24, 2.45) is 46.3 Å². The van der Waals surface area contributed by atoms with Gasteiger partial charge in [0.1, 0.15) is 12.2 Å². The van der Waals surface area contributed by atoms with Crippen molar-refractivity contribution in [2.45, 2.75) is 104 Å². The summed E-state index contributed by atoms with van der Waals surface area (Å²) in [7, 11) is -4.99. The molecule has 0 unspecified atom stereocenters. The van der Waals surface area contributed by atoms with Crippen molar-refractivity contribution in [1.29, 1.82) is 0 Å². The number of allylic oxidation sites excluding steroid dienone is 2. The number of hydrogen-bond acceptors (Lipinski definition) is 7. The molecular weight excluding hydrogens is 456 g/mol. The number of hydrogen-bond donors (Lipinski definition) is 2. The zero-order chi connectivity index (χ0) is 24.8. The normalized spacial score (nSPS) is 51.3. The lowest BCUT2D eigenvalue weighted by atomic mass is 9.47. The molecule has 5 rings (SSSR count). The highest BCUT2D eigenvalue weighted by molar-refractivity contribution is 7.80. The molecule has 5 aliphatic rings. The molecule has 8 heteroatoms. The van der Waals surface area contributed by atoms with Gasteiger partial charge < -0.3 is 19.5 Å². The topological polar surface area (TPSA) is 119 Å². The molecule has 0 amide bonds. The summed E-state index contributed by atoms with van der Waals surface area (Å²) >= 11 is 0. The predicted octanol–water partition coefficient (Wildman–Crippen LogP) is 3.41. The molecule has 194 valence electrons. The van der Waals surface area contributed by atoms with Gasteiger partial charge in [0.25, 0.3) is 0 Å². The van der Waals surface area contributed by atoms with Gasteiger partial charge in [0.05, 0.1) is 18.3 Å². The maximum Gasteiger partial charge on any atom is 0.218 e. The third-order valence-electron chi connectivity index (χ3n) is 10.8. The summed E-state index contributed by atoms with van der Waals surface area (Å²) in [5.74, 6) is 2.03. The summed E-state index contributed by atoms with van der Waals surface area (Å²) in [6.45, 7) is 11.4. The van der Waals surface area contributed by atoms with Gasteiger partial charge in [-0.25, -0.2) is 8.42 Å². The third-order valence-corrected chi connectivity index (χ3v) is 11.3. The Morgan fingerprint density at radius 2 is 1.76 bits per heavy atom. The van der Waals surface area contributed by atoms with Crippen LogP contribution in [-0.2, 0) is 19.3 Å². The lowest BCUT2D eigenvalue weighted by Crippen LogP contribution is -2.60. The largest absolute Gasteiger partial charge is 0.726 e. The number of fused-ring (bicyclic) bond motifs is 5. The van der Waals surface area contributed by atoms with E-state index in [9.17, 15) is 23.2 Å². The van der Waals surface area contributed by atoms with Gasteiger partial charge in [-0.15, -0.1) is 0 Å². The lowest BCUT2D eigenvalue weighted by Gasteiger charge is -2.59. The first-order chi connectivity index (χ1) is 15.8. The van der Waals surface area contributed by atoms with Crippen molar-refractivity contribution in [2.75, 3.05) is 0 Å². The van der Waals surface area contributed by atoms with Gasteiger partial charge in [-0.2, -0.15) is 0 Å². The van der Waals surface area contributed by atoms with E-state index in [4.69, 9.17) is 8.92 Å². The van der Waals surface area contributed by atoms with Crippen LogP contribution in [0.2, 0.25) is 0 Å². The van der Waals surface area contributed by atoms with Crippen LogP contribution in [0.1, 0.15) is 73.1 Å². The first kappa shape index (κ1) is 25.2. The van der Waals surface area contributed by atoms with Gasteiger partial charge in [0.15, 0.2) is 0 Å². The zero-order valence-corrected chi connectivity index (χ0v) is 21.8. The molecule has 0 bridgehead atoms. The van der Waals surface area contributed by atoms with E-state index in [1.54, 1.807) is 0 Å². The highest BCUT2D eigenvalue weighted by Crippen LogP contribution is 2.67. The van der Waals surface area contributed by atoms with Crippen molar-refractivity contribution in [3.05, 3.63) is 11.6 Å². The van der Waals surface area contributed by atoms with Gasteiger partial charge in [-0.3, -0.25) is 4.18 Å². The molecule has 1 aliphatic heterocycles. The van der Waals surface area contributed by atoms with E-state index in [2.05, 4.69) is 40.7 Å². The molecule has 1 heterocycles. The number of ether oxygens (including phenoxy) is 1. The monoisotopic (exact) mass is 497 g/mol. The fourth-order valence-corrected chi connectivity index (χ4v) is 9.62. The Hall–Kier alpha value is -0.510. The minimum absolute atomic E-state index is 0.196. The van der Waals surface area contributed by atoms with Crippen LogP contribution >= 0.6 is 0 Å². The van der Waals surface area contributed by atoms with Gasteiger partial charge in [-0.1, -0.05) is 46.3 Å². The first-order valence-corrected chi connectivity index (χ1v) is 14.5. The molecule has 12 atom stereocenters. The molecule has 34 heavy (non-hydrogen) atoms. The second-order valence-corrected chi connectivity index (χ2v) is 13.8. The minimum atomic E-state index is -4.99. The SMILES string of the molecule is CC(C)[C@@H]1O[C@H]1[C@@H](C)[C@H]1CC[C@H]2C3=CC[C@H]4[C@H](OS(=O)(=O)[O-])[C@@H](O)[C@H](O)C[C@]4(C)[C@H]3CC[C@]12C. The maximum atomic E-state index is 11.4. The molecule has 7 nitrogen and oxygen atoms in total. The Morgan fingerprint density at radius 1 is 1.09 bits per heavy atom. The molecule has 0 radical (unpaired) electrons. The van der Waals surface area contributed by atoms with E-state index in [-0.39, 0.29) is 17.3 Å².